The van der Waals surface area contributed by atoms with Gasteiger partial charge in [0.25, 0.3) is 5.91 Å². The predicted octanol–water partition coefficient (Wildman–Crippen LogP) is 4.45. The van der Waals surface area contributed by atoms with Crippen LogP contribution in [0.4, 0.5) is 10.1 Å². The van der Waals surface area contributed by atoms with Crippen LogP contribution in [0.1, 0.15) is 12.5 Å². The van der Waals surface area contributed by atoms with Crippen LogP contribution in [-0.2, 0) is 14.3 Å². The zero-order valence-corrected chi connectivity index (χ0v) is 15.3. The van der Waals surface area contributed by atoms with Gasteiger partial charge in [-0.15, -0.1) is 11.8 Å². The average Bonchev–Trinajstić information content (AvgIpc) is 2.58. The first-order valence-electron chi connectivity index (χ1n) is 7.51. The summed E-state index contributed by atoms with van der Waals surface area (Å²) in [5, 5.41) is 3.20. The van der Waals surface area contributed by atoms with E-state index in [1.165, 1.54) is 13.0 Å². The highest BCUT2D eigenvalue weighted by molar-refractivity contribution is 8.00. The molecule has 0 radical (unpaired) electrons. The Hall–Kier alpha value is -2.05. The summed E-state index contributed by atoms with van der Waals surface area (Å²) in [5.41, 5.74) is 1.28. The first-order valence-corrected chi connectivity index (χ1v) is 8.87. The van der Waals surface area contributed by atoms with Crippen LogP contribution in [0.2, 0.25) is 5.02 Å². The first kappa shape index (κ1) is 19.3. The second-order valence-electron chi connectivity index (χ2n) is 5.25. The van der Waals surface area contributed by atoms with E-state index >= 15 is 0 Å². The van der Waals surface area contributed by atoms with Crippen molar-refractivity contribution < 1.29 is 18.7 Å². The molecular weight excluding hydrogens is 365 g/mol. The van der Waals surface area contributed by atoms with E-state index in [9.17, 15) is 14.0 Å². The van der Waals surface area contributed by atoms with E-state index in [2.05, 4.69) is 5.32 Å². The molecule has 0 aromatic heterocycles. The SMILES string of the molecule is Cc1c(Cl)cccc1NC(=O)[C@@H](C)OC(=O)CSc1ccccc1F. The topological polar surface area (TPSA) is 55.4 Å². The minimum absolute atomic E-state index is 0.0885. The molecule has 1 amide bonds. The number of nitrogens with one attached hydrogen (secondary N) is 1. The molecule has 0 saturated carbocycles. The van der Waals surface area contributed by atoms with Gasteiger partial charge in [-0.2, -0.15) is 0 Å². The first-order chi connectivity index (χ1) is 11.9. The van der Waals surface area contributed by atoms with Crippen LogP contribution in [-0.4, -0.2) is 23.7 Å². The van der Waals surface area contributed by atoms with Crippen molar-refractivity contribution >= 4 is 40.9 Å². The van der Waals surface area contributed by atoms with Crippen LogP contribution in [0.25, 0.3) is 0 Å². The second kappa shape index (κ2) is 8.87. The Morgan fingerprint density at radius 2 is 1.96 bits per heavy atom. The van der Waals surface area contributed by atoms with Gasteiger partial charge in [-0.1, -0.05) is 29.8 Å². The highest BCUT2D eigenvalue weighted by atomic mass is 35.5. The number of ether oxygens (including phenoxy) is 1. The van der Waals surface area contributed by atoms with Gasteiger partial charge in [0, 0.05) is 15.6 Å². The number of benzene rings is 2. The molecule has 2 rings (SSSR count). The van der Waals surface area contributed by atoms with Crippen molar-refractivity contribution in [2.24, 2.45) is 0 Å². The summed E-state index contributed by atoms with van der Waals surface area (Å²) in [6.07, 6.45) is -0.980. The van der Waals surface area contributed by atoms with Crippen molar-refractivity contribution in [1.82, 2.24) is 0 Å². The predicted molar refractivity (Wildman–Crippen MR) is 97.5 cm³/mol. The third-order valence-corrected chi connectivity index (χ3v) is 4.82. The Bertz CT molecular complexity index is 785. The van der Waals surface area contributed by atoms with Crippen molar-refractivity contribution in [3.63, 3.8) is 0 Å². The Kier molecular flexibility index (Phi) is 6.84. The molecule has 0 aliphatic heterocycles. The lowest BCUT2D eigenvalue weighted by molar-refractivity contribution is -0.150. The number of thioether (sulfide) groups is 1. The monoisotopic (exact) mass is 381 g/mol. The summed E-state index contributed by atoms with van der Waals surface area (Å²) in [5.74, 6) is -1.55. The van der Waals surface area contributed by atoms with E-state index < -0.39 is 23.8 Å². The fourth-order valence-electron chi connectivity index (χ4n) is 1.96. The Morgan fingerprint density at radius 3 is 2.68 bits per heavy atom. The number of esters is 1. The molecule has 2 aromatic rings. The molecule has 4 nitrogen and oxygen atoms in total. The van der Waals surface area contributed by atoms with Crippen molar-refractivity contribution in [2.75, 3.05) is 11.1 Å². The molecule has 132 valence electrons. The van der Waals surface area contributed by atoms with Gasteiger partial charge in [-0.25, -0.2) is 4.39 Å². The molecular formula is C18H17ClFNO3S. The normalized spacial score (nSPS) is 11.7. The molecule has 25 heavy (non-hydrogen) atoms. The number of carbonyl (C=O) groups excluding carboxylic acids is 2. The van der Waals surface area contributed by atoms with Crippen LogP contribution in [0.3, 0.4) is 0 Å². The van der Waals surface area contributed by atoms with E-state index in [-0.39, 0.29) is 5.75 Å². The number of amides is 1. The molecule has 1 N–H and O–H groups in total. The summed E-state index contributed by atoms with van der Waals surface area (Å²) < 4.78 is 18.6. The summed E-state index contributed by atoms with van der Waals surface area (Å²) in [6.45, 7) is 3.25. The van der Waals surface area contributed by atoms with E-state index in [0.717, 1.165) is 17.3 Å². The largest absolute Gasteiger partial charge is 0.452 e. The smallest absolute Gasteiger partial charge is 0.317 e. The van der Waals surface area contributed by atoms with Crippen LogP contribution < -0.4 is 5.32 Å². The average molecular weight is 382 g/mol. The fourth-order valence-corrected chi connectivity index (χ4v) is 2.86. The molecule has 0 fully saturated rings. The van der Waals surface area contributed by atoms with Crippen molar-refractivity contribution in [2.45, 2.75) is 24.8 Å². The lowest BCUT2D eigenvalue weighted by Crippen LogP contribution is -2.30. The van der Waals surface area contributed by atoms with Crippen LogP contribution >= 0.6 is 23.4 Å². The third-order valence-electron chi connectivity index (χ3n) is 3.39. The molecule has 0 saturated heterocycles. The zero-order valence-electron chi connectivity index (χ0n) is 13.7. The molecule has 0 aliphatic carbocycles. The summed E-state index contributed by atoms with van der Waals surface area (Å²) in [4.78, 5) is 24.3. The Labute approximate surface area is 154 Å². The summed E-state index contributed by atoms with van der Waals surface area (Å²) >= 11 is 7.02. The van der Waals surface area contributed by atoms with Gasteiger partial charge < -0.3 is 10.1 Å². The molecule has 0 bridgehead atoms. The number of rotatable bonds is 6. The maximum atomic E-state index is 13.5. The van der Waals surface area contributed by atoms with Crippen LogP contribution in [0.5, 0.6) is 0 Å². The molecule has 0 spiro atoms. The molecule has 0 heterocycles. The minimum Gasteiger partial charge on any atom is -0.452 e. The van der Waals surface area contributed by atoms with E-state index in [1.807, 2.05) is 0 Å². The Balaban J connectivity index is 1.87. The molecule has 0 unspecified atom stereocenters. The maximum Gasteiger partial charge on any atom is 0.317 e. The van der Waals surface area contributed by atoms with Gasteiger partial charge in [0.1, 0.15) is 5.82 Å². The van der Waals surface area contributed by atoms with Crippen LogP contribution in [0, 0.1) is 12.7 Å². The van der Waals surface area contributed by atoms with Crippen molar-refractivity contribution in [1.29, 1.82) is 0 Å². The summed E-state index contributed by atoms with van der Waals surface area (Å²) in [6, 6.07) is 11.3. The highest BCUT2D eigenvalue weighted by Gasteiger charge is 2.19. The van der Waals surface area contributed by atoms with E-state index in [0.29, 0.717) is 15.6 Å². The summed E-state index contributed by atoms with van der Waals surface area (Å²) in [7, 11) is 0. The number of halogens is 2. The lowest BCUT2D eigenvalue weighted by Gasteiger charge is -2.15. The number of carbonyl (C=O) groups is 2. The second-order valence-corrected chi connectivity index (χ2v) is 6.68. The zero-order chi connectivity index (χ0) is 18.4. The van der Waals surface area contributed by atoms with E-state index in [4.69, 9.17) is 16.3 Å². The van der Waals surface area contributed by atoms with Gasteiger partial charge in [0.2, 0.25) is 0 Å². The lowest BCUT2D eigenvalue weighted by atomic mass is 10.2. The van der Waals surface area contributed by atoms with Crippen molar-refractivity contribution in [3.8, 4) is 0 Å². The van der Waals surface area contributed by atoms with Crippen molar-refractivity contribution in [3.05, 3.63) is 58.9 Å². The standard InChI is InChI=1S/C18H17ClFNO3S/c1-11-13(19)6-5-8-15(11)21-18(23)12(2)24-17(22)10-25-16-9-4-3-7-14(16)20/h3-9,12H,10H2,1-2H3,(H,21,23)/t12-/m1/s1. The maximum absolute atomic E-state index is 13.5. The third kappa shape index (κ3) is 5.47. The quantitative estimate of drug-likeness (QED) is 0.593. The Morgan fingerprint density at radius 1 is 1.24 bits per heavy atom. The van der Waals surface area contributed by atoms with Gasteiger partial charge in [0.05, 0.1) is 5.75 Å². The van der Waals surface area contributed by atoms with E-state index in [1.54, 1.807) is 43.3 Å². The molecule has 0 aliphatic rings. The molecule has 2 aromatic carbocycles. The van der Waals surface area contributed by atoms with Gasteiger partial charge >= 0.3 is 5.97 Å². The highest BCUT2D eigenvalue weighted by Crippen LogP contribution is 2.23. The van der Waals surface area contributed by atoms with Gasteiger partial charge in [-0.05, 0) is 43.7 Å². The molecule has 1 atom stereocenters. The fraction of sp³-hybridized carbons (Fsp3) is 0.222. The minimum atomic E-state index is -0.980. The van der Waals surface area contributed by atoms with Gasteiger partial charge in [0.15, 0.2) is 6.10 Å². The number of hydrogen-bond acceptors (Lipinski definition) is 4. The van der Waals surface area contributed by atoms with Crippen LogP contribution in [0.15, 0.2) is 47.4 Å². The molecule has 7 heteroatoms. The van der Waals surface area contributed by atoms with Gasteiger partial charge in [-0.3, -0.25) is 9.59 Å². The number of hydrogen-bond donors (Lipinski definition) is 1. The number of anilines is 1.